The molecule has 28 heavy (non-hydrogen) atoms. The number of thioether (sulfide) groups is 1. The summed E-state index contributed by atoms with van der Waals surface area (Å²) < 4.78 is 13.2. The van der Waals surface area contributed by atoms with Crippen molar-refractivity contribution in [3.05, 3.63) is 59.4 Å². The lowest BCUT2D eigenvalue weighted by Gasteiger charge is -2.10. The summed E-state index contributed by atoms with van der Waals surface area (Å²) in [6.45, 7) is 5.34. The normalized spacial score (nSPS) is 13.2. The number of rotatable bonds is 5. The van der Waals surface area contributed by atoms with Crippen molar-refractivity contribution in [1.82, 2.24) is 14.8 Å². The summed E-state index contributed by atoms with van der Waals surface area (Å²) in [5.74, 6) is 1.60. The van der Waals surface area contributed by atoms with E-state index in [2.05, 4.69) is 36.2 Å². The lowest BCUT2D eigenvalue weighted by Crippen LogP contribution is -2.05. The number of nitrogens with zero attached hydrogens (tertiary/aromatic N) is 3. The smallest absolute Gasteiger partial charge is 0.196 e. The van der Waals surface area contributed by atoms with Crippen LogP contribution in [0.25, 0.3) is 5.69 Å². The van der Waals surface area contributed by atoms with E-state index in [9.17, 15) is 4.79 Å². The summed E-state index contributed by atoms with van der Waals surface area (Å²) in [7, 11) is 0. The van der Waals surface area contributed by atoms with Gasteiger partial charge in [-0.1, -0.05) is 29.5 Å². The maximum Gasteiger partial charge on any atom is 0.196 e. The van der Waals surface area contributed by atoms with Crippen LogP contribution in [0.15, 0.2) is 47.9 Å². The van der Waals surface area contributed by atoms with Crippen LogP contribution in [0.5, 0.6) is 11.5 Å². The van der Waals surface area contributed by atoms with E-state index in [4.69, 9.17) is 9.47 Å². The Morgan fingerprint density at radius 2 is 1.93 bits per heavy atom. The number of hydrogen-bond acceptors (Lipinski definition) is 6. The zero-order chi connectivity index (χ0) is 19.5. The van der Waals surface area contributed by atoms with Crippen LogP contribution in [-0.2, 0) is 0 Å². The van der Waals surface area contributed by atoms with Crippen LogP contribution in [0.3, 0.4) is 0 Å². The molecule has 1 aromatic heterocycles. The molecule has 1 aliphatic rings. The Labute approximate surface area is 167 Å². The van der Waals surface area contributed by atoms with Crippen molar-refractivity contribution < 1.29 is 14.3 Å². The molecule has 0 bridgehead atoms. The van der Waals surface area contributed by atoms with Gasteiger partial charge in [-0.3, -0.25) is 9.36 Å². The van der Waals surface area contributed by atoms with E-state index < -0.39 is 0 Å². The Bertz CT molecular complexity index is 1020. The Kier molecular flexibility index (Phi) is 5.34. The van der Waals surface area contributed by atoms with Crippen LogP contribution < -0.4 is 9.47 Å². The number of hydrogen-bond donors (Lipinski definition) is 0. The average Bonchev–Trinajstić information content (AvgIpc) is 3.01. The summed E-state index contributed by atoms with van der Waals surface area (Å²) in [6.07, 6.45) is 2.51. The van der Waals surface area contributed by atoms with Crippen molar-refractivity contribution in [3.63, 3.8) is 0 Å². The second-order valence-corrected chi connectivity index (χ2v) is 7.64. The summed E-state index contributed by atoms with van der Waals surface area (Å²) in [6, 6.07) is 11.6. The van der Waals surface area contributed by atoms with Crippen LogP contribution in [0.1, 0.15) is 27.9 Å². The Morgan fingerprint density at radius 1 is 1.11 bits per heavy atom. The molecule has 7 heteroatoms. The molecule has 3 aromatic rings. The number of carbonyl (C=O) groups excluding carboxylic acids is 1. The van der Waals surface area contributed by atoms with Crippen molar-refractivity contribution in [2.45, 2.75) is 25.4 Å². The molecule has 0 unspecified atom stereocenters. The maximum atomic E-state index is 12.7. The summed E-state index contributed by atoms with van der Waals surface area (Å²) in [4.78, 5) is 12.7. The number of Topliss-reactive ketones (excluding diaryl/α,β-unsaturated/α-hetero) is 1. The van der Waals surface area contributed by atoms with Gasteiger partial charge in [0, 0.05) is 12.0 Å². The minimum Gasteiger partial charge on any atom is -0.490 e. The number of fused-ring (bicyclic) bond motifs is 1. The van der Waals surface area contributed by atoms with Gasteiger partial charge in [0.15, 0.2) is 22.4 Å². The molecule has 0 aliphatic carbocycles. The maximum absolute atomic E-state index is 12.7. The van der Waals surface area contributed by atoms with Gasteiger partial charge in [-0.2, -0.15) is 0 Å². The molecule has 0 amide bonds. The van der Waals surface area contributed by atoms with Gasteiger partial charge in [0.25, 0.3) is 0 Å². The SMILES string of the molecule is Cc1ccc(-n2cnnc2SCC(=O)c2ccc3c(c2)OCCCO3)c(C)c1. The molecule has 144 valence electrons. The van der Waals surface area contributed by atoms with Gasteiger partial charge in [0.2, 0.25) is 0 Å². The van der Waals surface area contributed by atoms with Crippen molar-refractivity contribution in [2.75, 3.05) is 19.0 Å². The molecule has 0 N–H and O–H groups in total. The van der Waals surface area contributed by atoms with Gasteiger partial charge in [0.05, 0.1) is 24.7 Å². The molecule has 2 heterocycles. The van der Waals surface area contributed by atoms with E-state index in [1.54, 1.807) is 24.5 Å². The fourth-order valence-corrected chi connectivity index (χ4v) is 3.93. The van der Waals surface area contributed by atoms with E-state index in [0.717, 1.165) is 17.7 Å². The third-order valence-corrected chi connectivity index (χ3v) is 5.47. The zero-order valence-corrected chi connectivity index (χ0v) is 16.7. The highest BCUT2D eigenvalue weighted by atomic mass is 32.2. The molecular weight excluding hydrogens is 374 g/mol. The minimum atomic E-state index is 0.0100. The van der Waals surface area contributed by atoms with Gasteiger partial charge < -0.3 is 9.47 Å². The predicted molar refractivity (Wildman–Crippen MR) is 108 cm³/mol. The number of carbonyl (C=O) groups is 1. The molecule has 0 saturated heterocycles. The van der Waals surface area contributed by atoms with E-state index in [-0.39, 0.29) is 11.5 Å². The second-order valence-electron chi connectivity index (χ2n) is 6.70. The molecule has 0 fully saturated rings. The van der Waals surface area contributed by atoms with E-state index >= 15 is 0 Å². The summed E-state index contributed by atoms with van der Waals surface area (Å²) in [5, 5.41) is 8.90. The largest absolute Gasteiger partial charge is 0.490 e. The van der Waals surface area contributed by atoms with E-state index in [1.165, 1.54) is 17.3 Å². The molecule has 0 spiro atoms. The molecule has 1 aliphatic heterocycles. The predicted octanol–water partition coefficient (Wildman–Crippen LogP) is 4.02. The molecule has 4 rings (SSSR count). The zero-order valence-electron chi connectivity index (χ0n) is 15.8. The standard InChI is InChI=1S/C21H21N3O3S/c1-14-4-6-17(15(2)10-14)24-13-22-23-21(24)28-12-18(25)16-5-7-19-20(11-16)27-9-3-8-26-19/h4-7,10-11,13H,3,8-9,12H2,1-2H3. The monoisotopic (exact) mass is 395 g/mol. The average molecular weight is 395 g/mol. The fraction of sp³-hybridized carbons (Fsp3) is 0.286. The highest BCUT2D eigenvalue weighted by molar-refractivity contribution is 7.99. The first-order valence-corrected chi connectivity index (χ1v) is 10.1. The van der Waals surface area contributed by atoms with Gasteiger partial charge in [-0.25, -0.2) is 0 Å². The first kappa shape index (κ1) is 18.6. The van der Waals surface area contributed by atoms with Crippen molar-refractivity contribution in [2.24, 2.45) is 0 Å². The fourth-order valence-electron chi connectivity index (χ4n) is 3.11. The first-order valence-electron chi connectivity index (χ1n) is 9.15. The number of ether oxygens (including phenoxy) is 2. The van der Waals surface area contributed by atoms with Crippen LogP contribution in [0.4, 0.5) is 0 Å². The topological polar surface area (TPSA) is 66.2 Å². The summed E-state index contributed by atoms with van der Waals surface area (Å²) >= 11 is 1.37. The third kappa shape index (κ3) is 3.89. The van der Waals surface area contributed by atoms with Crippen LogP contribution >= 0.6 is 11.8 Å². The highest BCUT2D eigenvalue weighted by Crippen LogP contribution is 2.31. The van der Waals surface area contributed by atoms with E-state index in [0.29, 0.717) is 35.4 Å². The first-order chi connectivity index (χ1) is 13.6. The Morgan fingerprint density at radius 3 is 2.75 bits per heavy atom. The molecule has 0 radical (unpaired) electrons. The van der Waals surface area contributed by atoms with Crippen molar-refractivity contribution >= 4 is 17.5 Å². The van der Waals surface area contributed by atoms with Crippen LogP contribution in [0.2, 0.25) is 0 Å². The van der Waals surface area contributed by atoms with Crippen LogP contribution in [0, 0.1) is 13.8 Å². The minimum absolute atomic E-state index is 0.0100. The highest BCUT2D eigenvalue weighted by Gasteiger charge is 2.16. The molecular formula is C21H21N3O3S. The lowest BCUT2D eigenvalue weighted by molar-refractivity contribution is 0.102. The number of benzene rings is 2. The lowest BCUT2D eigenvalue weighted by atomic mass is 10.1. The summed E-state index contributed by atoms with van der Waals surface area (Å²) in [5.41, 5.74) is 3.96. The third-order valence-electron chi connectivity index (χ3n) is 4.53. The molecule has 2 aromatic carbocycles. The quantitative estimate of drug-likeness (QED) is 0.480. The van der Waals surface area contributed by atoms with Crippen molar-refractivity contribution in [1.29, 1.82) is 0 Å². The second kappa shape index (κ2) is 8.06. The van der Waals surface area contributed by atoms with Gasteiger partial charge in [-0.15, -0.1) is 10.2 Å². The van der Waals surface area contributed by atoms with E-state index in [1.807, 2.05) is 10.6 Å². The van der Waals surface area contributed by atoms with Crippen molar-refractivity contribution in [3.8, 4) is 17.2 Å². The molecule has 0 atom stereocenters. The molecule has 6 nitrogen and oxygen atoms in total. The molecule has 0 saturated carbocycles. The van der Waals surface area contributed by atoms with Gasteiger partial charge in [-0.05, 0) is 43.7 Å². The number of aromatic nitrogens is 3. The van der Waals surface area contributed by atoms with Gasteiger partial charge in [0.1, 0.15) is 6.33 Å². The van der Waals surface area contributed by atoms with Gasteiger partial charge >= 0.3 is 0 Å². The number of ketones is 1. The number of aryl methyl sites for hydroxylation is 2. The Hall–Kier alpha value is -2.80. The Balaban J connectivity index is 1.49. The van der Waals surface area contributed by atoms with Crippen LogP contribution in [-0.4, -0.2) is 39.5 Å².